The molecule has 1 aliphatic carbocycles. The van der Waals surface area contributed by atoms with Gasteiger partial charge in [0.2, 0.25) is 0 Å². The van der Waals surface area contributed by atoms with Crippen LogP contribution in [0, 0.1) is 6.92 Å². The second-order valence-corrected chi connectivity index (χ2v) is 8.65. The highest BCUT2D eigenvalue weighted by molar-refractivity contribution is 5.88. The van der Waals surface area contributed by atoms with E-state index in [0.717, 1.165) is 42.2 Å². The maximum Gasteiger partial charge on any atom is 0.408 e. The number of carbonyl (C=O) groups excluding carboxylic acids is 2. The molecule has 0 saturated heterocycles. The molecule has 1 heterocycles. The number of rotatable bonds is 4. The predicted octanol–water partition coefficient (Wildman–Crippen LogP) is 4.19. The molecule has 0 saturated carbocycles. The van der Waals surface area contributed by atoms with Gasteiger partial charge in [0, 0.05) is 16.5 Å². The second kappa shape index (κ2) is 8.50. The van der Waals surface area contributed by atoms with Crippen LogP contribution in [0.2, 0.25) is 0 Å². The molecule has 0 bridgehead atoms. The number of alkyl carbamates (subject to hydrolysis) is 1. The van der Waals surface area contributed by atoms with Crippen molar-refractivity contribution in [2.75, 3.05) is 0 Å². The Kier molecular flexibility index (Phi) is 6.19. The van der Waals surface area contributed by atoms with Gasteiger partial charge in [-0.15, -0.1) is 0 Å². The molecule has 0 aliphatic heterocycles. The zero-order valence-corrected chi connectivity index (χ0v) is 18.2. The van der Waals surface area contributed by atoms with E-state index in [2.05, 4.69) is 5.32 Å². The maximum atomic E-state index is 12.6. The lowest BCUT2D eigenvalue weighted by atomic mass is 9.90. The number of hydrogen-bond donors (Lipinski definition) is 1. The number of nitrogens with one attached hydrogen (secondary N) is 1. The van der Waals surface area contributed by atoms with Crippen molar-refractivity contribution in [2.45, 2.75) is 78.4 Å². The largest absolute Gasteiger partial charge is 0.444 e. The van der Waals surface area contributed by atoms with Crippen LogP contribution >= 0.6 is 0 Å². The van der Waals surface area contributed by atoms with Crippen molar-refractivity contribution in [2.24, 2.45) is 0 Å². The first-order chi connectivity index (χ1) is 14.1. The first-order valence-corrected chi connectivity index (χ1v) is 10.4. The average Bonchev–Trinajstić information content (AvgIpc) is 2.67. The highest BCUT2D eigenvalue weighted by Crippen LogP contribution is 2.32. The van der Waals surface area contributed by atoms with E-state index in [1.807, 2.05) is 6.07 Å². The van der Waals surface area contributed by atoms with Crippen molar-refractivity contribution >= 4 is 23.0 Å². The maximum absolute atomic E-state index is 12.6. The number of hydrogen-bond acceptors (Lipinski definition) is 6. The van der Waals surface area contributed by atoms with Gasteiger partial charge in [0.1, 0.15) is 23.0 Å². The number of aryl methyl sites for hydroxylation is 2. The lowest BCUT2D eigenvalue weighted by molar-refractivity contribution is -0.136. The van der Waals surface area contributed by atoms with Gasteiger partial charge in [-0.25, -0.2) is 14.4 Å². The summed E-state index contributed by atoms with van der Waals surface area (Å²) in [6.45, 7) is 8.76. The quantitative estimate of drug-likeness (QED) is 0.457. The van der Waals surface area contributed by atoms with Crippen LogP contribution in [0.5, 0.6) is 5.75 Å². The van der Waals surface area contributed by atoms with Gasteiger partial charge in [0.25, 0.3) is 0 Å². The van der Waals surface area contributed by atoms with Gasteiger partial charge in [-0.1, -0.05) is 6.92 Å². The number of esters is 1. The Morgan fingerprint density at radius 1 is 1.17 bits per heavy atom. The Morgan fingerprint density at radius 2 is 1.83 bits per heavy atom. The van der Waals surface area contributed by atoms with Gasteiger partial charge in [0.05, 0.1) is 0 Å². The van der Waals surface area contributed by atoms with Crippen LogP contribution in [-0.4, -0.2) is 23.7 Å². The van der Waals surface area contributed by atoms with Crippen LogP contribution in [0.25, 0.3) is 11.0 Å². The van der Waals surface area contributed by atoms with Crippen molar-refractivity contribution in [1.82, 2.24) is 5.32 Å². The number of ether oxygens (including phenoxy) is 2. The van der Waals surface area contributed by atoms with Crippen molar-refractivity contribution in [3.63, 3.8) is 0 Å². The van der Waals surface area contributed by atoms with E-state index in [9.17, 15) is 14.4 Å². The monoisotopic (exact) mass is 415 g/mol. The fourth-order valence-corrected chi connectivity index (χ4v) is 3.69. The third-order valence-electron chi connectivity index (χ3n) is 5.18. The van der Waals surface area contributed by atoms with Gasteiger partial charge in [-0.05, 0) is 77.5 Å². The summed E-state index contributed by atoms with van der Waals surface area (Å²) in [5.41, 5.74) is 1.83. The minimum Gasteiger partial charge on any atom is -0.444 e. The highest BCUT2D eigenvalue weighted by Gasteiger charge is 2.26. The average molecular weight is 415 g/mol. The van der Waals surface area contributed by atoms with E-state index in [4.69, 9.17) is 13.9 Å². The van der Waals surface area contributed by atoms with Crippen molar-refractivity contribution < 1.29 is 23.5 Å². The molecular formula is C23H29NO6. The third-order valence-corrected chi connectivity index (χ3v) is 5.18. The molecule has 1 aromatic heterocycles. The molecule has 1 amide bonds. The van der Waals surface area contributed by atoms with Crippen molar-refractivity contribution in [3.8, 4) is 5.75 Å². The van der Waals surface area contributed by atoms with Gasteiger partial charge in [-0.3, -0.25) is 0 Å². The van der Waals surface area contributed by atoms with Gasteiger partial charge in [-0.2, -0.15) is 0 Å². The molecule has 0 radical (unpaired) electrons. The molecule has 0 spiro atoms. The van der Waals surface area contributed by atoms with Crippen LogP contribution in [0.15, 0.2) is 21.3 Å². The summed E-state index contributed by atoms with van der Waals surface area (Å²) in [6.07, 6.45) is 3.26. The molecule has 2 aromatic rings. The van der Waals surface area contributed by atoms with E-state index in [1.165, 1.54) is 0 Å². The molecule has 0 fully saturated rings. The summed E-state index contributed by atoms with van der Waals surface area (Å²) >= 11 is 0. The zero-order valence-electron chi connectivity index (χ0n) is 18.2. The number of fused-ring (bicyclic) bond motifs is 3. The molecule has 0 unspecified atom stereocenters. The number of amides is 1. The topological polar surface area (TPSA) is 94.8 Å². The second-order valence-electron chi connectivity index (χ2n) is 8.65. The Bertz CT molecular complexity index is 1030. The van der Waals surface area contributed by atoms with Gasteiger partial charge >= 0.3 is 17.7 Å². The molecular weight excluding hydrogens is 386 g/mol. The van der Waals surface area contributed by atoms with Crippen LogP contribution < -0.4 is 15.7 Å². The summed E-state index contributed by atoms with van der Waals surface area (Å²) in [4.78, 5) is 37.1. The standard InChI is InChI=1S/C23H29NO6/c1-6-17(24-22(27)30-23(3,4)5)21(26)28-18-12-11-15-14-9-7-8-10-16(14)20(25)29-19(15)13(18)2/h11-12,17H,6-10H2,1-5H3,(H,24,27)/t17-/m0/s1. The third kappa shape index (κ3) is 4.66. The lowest BCUT2D eigenvalue weighted by Gasteiger charge is -2.22. The Labute approximate surface area is 175 Å². The van der Waals surface area contributed by atoms with Crippen LogP contribution in [-0.2, 0) is 22.4 Å². The molecule has 1 aromatic carbocycles. The normalized spacial score (nSPS) is 14.7. The van der Waals surface area contributed by atoms with E-state index in [0.29, 0.717) is 23.3 Å². The van der Waals surface area contributed by atoms with Crippen LogP contribution in [0.1, 0.15) is 63.6 Å². The summed E-state index contributed by atoms with van der Waals surface area (Å²) < 4.78 is 16.3. The SMILES string of the molecule is CC[C@H](NC(=O)OC(C)(C)C)C(=O)Oc1ccc2c3c(c(=O)oc2c1C)CCCC3. The van der Waals surface area contributed by atoms with E-state index in [-0.39, 0.29) is 5.63 Å². The van der Waals surface area contributed by atoms with Crippen LogP contribution in [0.4, 0.5) is 4.79 Å². The number of carbonyl (C=O) groups is 2. The lowest BCUT2D eigenvalue weighted by Crippen LogP contribution is -2.44. The molecule has 1 atom stereocenters. The molecule has 3 rings (SSSR count). The zero-order chi connectivity index (χ0) is 22.1. The first-order valence-electron chi connectivity index (χ1n) is 10.4. The Hall–Kier alpha value is -2.83. The molecule has 1 N–H and O–H groups in total. The molecule has 162 valence electrons. The summed E-state index contributed by atoms with van der Waals surface area (Å²) in [7, 11) is 0. The minimum absolute atomic E-state index is 0.302. The molecule has 1 aliphatic rings. The van der Waals surface area contributed by atoms with E-state index in [1.54, 1.807) is 40.7 Å². The predicted molar refractivity (Wildman–Crippen MR) is 113 cm³/mol. The van der Waals surface area contributed by atoms with E-state index >= 15 is 0 Å². The Balaban J connectivity index is 1.84. The van der Waals surface area contributed by atoms with Crippen LogP contribution in [0.3, 0.4) is 0 Å². The smallest absolute Gasteiger partial charge is 0.408 e. The summed E-state index contributed by atoms with van der Waals surface area (Å²) in [5, 5.41) is 3.43. The van der Waals surface area contributed by atoms with Crippen molar-refractivity contribution in [3.05, 3.63) is 39.2 Å². The van der Waals surface area contributed by atoms with Crippen molar-refractivity contribution in [1.29, 1.82) is 0 Å². The van der Waals surface area contributed by atoms with E-state index < -0.39 is 23.7 Å². The minimum atomic E-state index is -0.856. The number of benzene rings is 1. The fraction of sp³-hybridized carbons (Fsp3) is 0.522. The fourth-order valence-electron chi connectivity index (χ4n) is 3.69. The highest BCUT2D eigenvalue weighted by atomic mass is 16.6. The first kappa shape index (κ1) is 21.9. The molecule has 7 nitrogen and oxygen atoms in total. The summed E-state index contributed by atoms with van der Waals surface area (Å²) in [5.74, 6) is -0.304. The van der Waals surface area contributed by atoms with Gasteiger partial charge in [0.15, 0.2) is 0 Å². The molecule has 7 heteroatoms. The Morgan fingerprint density at radius 3 is 2.47 bits per heavy atom. The summed E-state index contributed by atoms with van der Waals surface area (Å²) in [6, 6.07) is 2.69. The van der Waals surface area contributed by atoms with Gasteiger partial charge < -0.3 is 19.2 Å². The molecule has 30 heavy (non-hydrogen) atoms.